The lowest BCUT2D eigenvalue weighted by molar-refractivity contribution is -0.257. The highest BCUT2D eigenvalue weighted by molar-refractivity contribution is 6.29. The van der Waals surface area contributed by atoms with Crippen molar-refractivity contribution >= 4 is 23.5 Å². The van der Waals surface area contributed by atoms with E-state index in [1.54, 1.807) is 0 Å². The summed E-state index contributed by atoms with van der Waals surface area (Å²) in [6.45, 7) is 3.32. The molecule has 0 aliphatic rings. The van der Waals surface area contributed by atoms with E-state index in [9.17, 15) is 9.59 Å². The molecule has 0 bridgehead atoms. The summed E-state index contributed by atoms with van der Waals surface area (Å²) in [6, 6.07) is 0. The molecule has 0 saturated carbocycles. The number of hydrogen-bond donors (Lipinski definition) is 0. The van der Waals surface area contributed by atoms with E-state index in [0.717, 1.165) is 26.2 Å². The van der Waals surface area contributed by atoms with Crippen molar-refractivity contribution in [2.75, 3.05) is 0 Å². The van der Waals surface area contributed by atoms with Gasteiger partial charge in [0.15, 0.2) is 0 Å². The normalized spacial score (nSPS) is 11.9. The minimum atomic E-state index is -0.736. The maximum absolute atomic E-state index is 11.2. The smallest absolute Gasteiger partial charge is 0.248 e. The van der Waals surface area contributed by atoms with Gasteiger partial charge in [-0.2, -0.15) is 0 Å². The zero-order valence-electron chi connectivity index (χ0n) is 10.5. The Kier molecular flexibility index (Phi) is 9.92. The summed E-state index contributed by atoms with van der Waals surface area (Å²) in [5.74, 6) is -1.36. The molecule has 0 saturated heterocycles. The molecule has 0 fully saturated rings. The van der Waals surface area contributed by atoms with Gasteiger partial charge in [0.05, 0.1) is 0 Å². The molecule has 1 atom stereocenters. The van der Waals surface area contributed by atoms with Gasteiger partial charge >= 0.3 is 11.9 Å². The predicted molar refractivity (Wildman–Crippen MR) is 65.5 cm³/mol. The minimum absolute atomic E-state index is 0.549. The highest BCUT2D eigenvalue weighted by Crippen LogP contribution is 2.13. The van der Waals surface area contributed by atoms with Crippen molar-refractivity contribution in [1.29, 1.82) is 0 Å². The van der Waals surface area contributed by atoms with Crippen LogP contribution in [0.25, 0.3) is 0 Å². The molecule has 1 unspecified atom stereocenters. The maximum atomic E-state index is 11.2. The molecule has 17 heavy (non-hydrogen) atoms. The zero-order valence-corrected chi connectivity index (χ0v) is 11.3. The van der Waals surface area contributed by atoms with Gasteiger partial charge in [0.2, 0.25) is 0 Å². The van der Waals surface area contributed by atoms with Crippen LogP contribution in [0.15, 0.2) is 0 Å². The highest BCUT2D eigenvalue weighted by Gasteiger charge is 2.18. The fraction of sp³-hybridized carbons (Fsp3) is 0.833. The van der Waals surface area contributed by atoms with Crippen LogP contribution in [0.2, 0.25) is 0 Å². The molecular weight excluding hydrogens is 244 g/mol. The first kappa shape index (κ1) is 16.2. The summed E-state index contributed by atoms with van der Waals surface area (Å²) >= 11 is 5.79. The van der Waals surface area contributed by atoms with Crippen LogP contribution in [0.1, 0.15) is 58.8 Å². The molecule has 0 aliphatic carbocycles. The van der Waals surface area contributed by atoms with E-state index >= 15 is 0 Å². The molecular formula is C12H21ClO4. The minimum Gasteiger partial charge on any atom is -0.248 e. The van der Waals surface area contributed by atoms with Crippen LogP contribution < -0.4 is 0 Å². The van der Waals surface area contributed by atoms with Crippen molar-refractivity contribution in [3.8, 4) is 0 Å². The lowest BCUT2D eigenvalue weighted by Crippen LogP contribution is -2.19. The number of halogens is 1. The van der Waals surface area contributed by atoms with Crippen LogP contribution in [0, 0.1) is 0 Å². The molecule has 100 valence electrons. The number of rotatable bonds is 8. The van der Waals surface area contributed by atoms with Crippen LogP contribution in [0.5, 0.6) is 0 Å². The first-order valence-corrected chi connectivity index (χ1v) is 6.54. The predicted octanol–water partition coefficient (Wildman–Crippen LogP) is 3.37. The van der Waals surface area contributed by atoms with Crippen LogP contribution in [0.3, 0.4) is 0 Å². The van der Waals surface area contributed by atoms with Gasteiger partial charge in [0, 0.05) is 6.92 Å². The van der Waals surface area contributed by atoms with Gasteiger partial charge in [-0.15, -0.1) is 11.6 Å². The number of carbonyl (C=O) groups is 2. The Labute approximate surface area is 108 Å². The summed E-state index contributed by atoms with van der Waals surface area (Å²) in [5.41, 5.74) is 0. The lowest BCUT2D eigenvalue weighted by Gasteiger charge is -2.07. The monoisotopic (exact) mass is 264 g/mol. The highest BCUT2D eigenvalue weighted by atomic mass is 35.5. The van der Waals surface area contributed by atoms with E-state index in [2.05, 4.69) is 16.7 Å². The molecule has 0 rings (SSSR count). The largest absolute Gasteiger partial charge is 0.373 e. The fourth-order valence-electron chi connectivity index (χ4n) is 1.37. The Morgan fingerprint density at radius 3 is 2.24 bits per heavy atom. The molecule has 0 heterocycles. The molecule has 0 N–H and O–H groups in total. The second kappa shape index (κ2) is 10.4. The van der Waals surface area contributed by atoms with Gasteiger partial charge in [0.25, 0.3) is 0 Å². The van der Waals surface area contributed by atoms with E-state index in [1.165, 1.54) is 19.3 Å². The molecule has 0 radical (unpaired) electrons. The Hall–Kier alpha value is -0.770. The third-order valence-electron chi connectivity index (χ3n) is 2.31. The average molecular weight is 265 g/mol. The van der Waals surface area contributed by atoms with Gasteiger partial charge in [-0.1, -0.05) is 45.4 Å². The quantitative estimate of drug-likeness (QED) is 0.292. The molecule has 0 amide bonds. The Morgan fingerprint density at radius 1 is 1.06 bits per heavy atom. The zero-order chi connectivity index (χ0) is 13.1. The number of alkyl halides is 1. The van der Waals surface area contributed by atoms with Gasteiger partial charge in [0.1, 0.15) is 5.38 Å². The second-order valence-corrected chi connectivity index (χ2v) is 4.53. The summed E-state index contributed by atoms with van der Waals surface area (Å²) < 4.78 is 0. The van der Waals surface area contributed by atoms with E-state index < -0.39 is 17.3 Å². The summed E-state index contributed by atoms with van der Waals surface area (Å²) in [6.07, 6.45) is 7.34. The topological polar surface area (TPSA) is 52.6 Å². The molecule has 5 heteroatoms. The van der Waals surface area contributed by atoms with Gasteiger partial charge in [-0.05, 0) is 6.42 Å². The Balaban J connectivity index is 3.47. The van der Waals surface area contributed by atoms with E-state index in [4.69, 9.17) is 11.6 Å². The molecule has 0 aromatic heterocycles. The molecule has 0 spiro atoms. The van der Waals surface area contributed by atoms with Gasteiger partial charge < -0.3 is 0 Å². The van der Waals surface area contributed by atoms with Crippen molar-refractivity contribution in [3.63, 3.8) is 0 Å². The Morgan fingerprint density at radius 2 is 1.65 bits per heavy atom. The second-order valence-electron chi connectivity index (χ2n) is 4.00. The lowest BCUT2D eigenvalue weighted by atomic mass is 10.1. The number of carbonyl (C=O) groups excluding carboxylic acids is 2. The third kappa shape index (κ3) is 10.1. The molecule has 0 aromatic carbocycles. The van der Waals surface area contributed by atoms with Crippen molar-refractivity contribution in [2.24, 2.45) is 0 Å². The Bertz CT molecular complexity index is 231. The van der Waals surface area contributed by atoms with Crippen LogP contribution in [-0.2, 0) is 19.4 Å². The average Bonchev–Trinajstić information content (AvgIpc) is 2.30. The standard InChI is InChI=1S/C12H21ClO4/c1-3-4-5-6-7-8-9-11(13)12(15)17-16-10(2)14/h11H,3-9H2,1-2H3. The van der Waals surface area contributed by atoms with E-state index in [-0.39, 0.29) is 0 Å². The van der Waals surface area contributed by atoms with Crippen molar-refractivity contribution < 1.29 is 19.4 Å². The number of hydrogen-bond acceptors (Lipinski definition) is 4. The summed E-state index contributed by atoms with van der Waals surface area (Å²) in [5, 5.41) is -0.736. The summed E-state index contributed by atoms with van der Waals surface area (Å²) in [4.78, 5) is 29.9. The summed E-state index contributed by atoms with van der Waals surface area (Å²) in [7, 11) is 0. The fourth-order valence-corrected chi connectivity index (χ4v) is 1.56. The van der Waals surface area contributed by atoms with E-state index in [1.807, 2.05) is 0 Å². The number of unbranched alkanes of at least 4 members (excludes halogenated alkanes) is 5. The van der Waals surface area contributed by atoms with Crippen LogP contribution >= 0.6 is 11.6 Å². The molecule has 0 aliphatic heterocycles. The van der Waals surface area contributed by atoms with Crippen LogP contribution in [0.4, 0.5) is 0 Å². The SMILES string of the molecule is CCCCCCCCC(Cl)C(=O)OOC(C)=O. The maximum Gasteiger partial charge on any atom is 0.373 e. The van der Waals surface area contributed by atoms with Crippen molar-refractivity contribution in [3.05, 3.63) is 0 Å². The molecule has 0 aromatic rings. The third-order valence-corrected chi connectivity index (χ3v) is 2.70. The first-order chi connectivity index (χ1) is 8.07. The van der Waals surface area contributed by atoms with Crippen LogP contribution in [-0.4, -0.2) is 17.3 Å². The first-order valence-electron chi connectivity index (χ1n) is 6.11. The van der Waals surface area contributed by atoms with Crippen molar-refractivity contribution in [2.45, 2.75) is 64.2 Å². The van der Waals surface area contributed by atoms with Gasteiger partial charge in [-0.25, -0.2) is 19.4 Å². The molecule has 4 nitrogen and oxygen atoms in total. The van der Waals surface area contributed by atoms with E-state index in [0.29, 0.717) is 6.42 Å². The van der Waals surface area contributed by atoms with Crippen molar-refractivity contribution in [1.82, 2.24) is 0 Å². The van der Waals surface area contributed by atoms with Gasteiger partial charge in [-0.3, -0.25) is 0 Å².